The second kappa shape index (κ2) is 6.16. The van der Waals surface area contributed by atoms with Crippen molar-refractivity contribution in [1.29, 1.82) is 0 Å². The van der Waals surface area contributed by atoms with Gasteiger partial charge in [0.2, 0.25) is 0 Å². The molecule has 2 heterocycles. The Morgan fingerprint density at radius 1 is 1.39 bits per heavy atom. The van der Waals surface area contributed by atoms with Crippen LogP contribution in [0.3, 0.4) is 0 Å². The van der Waals surface area contributed by atoms with E-state index in [4.69, 9.17) is 9.84 Å². The lowest BCUT2D eigenvalue weighted by molar-refractivity contribution is -0.385. The smallest absolute Gasteiger partial charge is 0.410 e. The summed E-state index contributed by atoms with van der Waals surface area (Å²) in [5, 5.41) is 21.5. The van der Waals surface area contributed by atoms with Gasteiger partial charge in [0, 0.05) is 24.1 Å². The van der Waals surface area contributed by atoms with Crippen LogP contribution in [0.4, 0.5) is 10.5 Å². The van der Waals surface area contributed by atoms with Crippen LogP contribution in [-0.2, 0) is 15.4 Å². The Kier molecular flexibility index (Phi) is 4.41. The number of sulfone groups is 1. The SMILES string of the molecule is C[C@@H]1C[C@H]2[C@](C)(N=C(NC(=O)O)C(C)(C)S2(=O)=O)c2cc([N+](=O)[O-])ccc2O1. The van der Waals surface area contributed by atoms with Gasteiger partial charge >= 0.3 is 6.09 Å². The van der Waals surface area contributed by atoms with Crippen molar-refractivity contribution in [2.75, 3.05) is 0 Å². The van der Waals surface area contributed by atoms with Gasteiger partial charge < -0.3 is 9.84 Å². The third-order valence-corrected chi connectivity index (χ3v) is 8.46. The number of fused-ring (bicyclic) bond motifs is 3. The molecule has 0 bridgehead atoms. The van der Waals surface area contributed by atoms with Crippen LogP contribution in [0, 0.1) is 10.1 Å². The Hall–Kier alpha value is -2.69. The third-order valence-electron chi connectivity index (χ3n) is 5.45. The number of hydrogen-bond donors (Lipinski definition) is 2. The number of carbonyl (C=O) groups is 1. The fraction of sp³-hybridized carbons (Fsp3) is 0.529. The molecule has 10 nitrogen and oxygen atoms in total. The van der Waals surface area contributed by atoms with Crippen LogP contribution < -0.4 is 10.1 Å². The first kappa shape index (κ1) is 20.1. The Morgan fingerprint density at radius 3 is 2.61 bits per heavy atom. The topological polar surface area (TPSA) is 148 Å². The van der Waals surface area contributed by atoms with Crippen molar-refractivity contribution in [2.24, 2.45) is 4.99 Å². The molecule has 3 atom stereocenters. The molecule has 11 heteroatoms. The van der Waals surface area contributed by atoms with E-state index in [9.17, 15) is 23.3 Å². The molecule has 0 aliphatic carbocycles. The first-order chi connectivity index (χ1) is 12.8. The van der Waals surface area contributed by atoms with Gasteiger partial charge in [-0.1, -0.05) is 0 Å². The molecule has 1 aromatic carbocycles. The molecule has 1 aromatic rings. The number of hydrogen-bond acceptors (Lipinski definition) is 7. The quantitative estimate of drug-likeness (QED) is 0.531. The van der Waals surface area contributed by atoms with Gasteiger partial charge in [0.15, 0.2) is 9.84 Å². The summed E-state index contributed by atoms with van der Waals surface area (Å²) in [4.78, 5) is 26.4. The zero-order chi connectivity index (χ0) is 21.1. The normalized spacial score (nSPS) is 29.9. The molecule has 0 radical (unpaired) electrons. The number of ether oxygens (including phenoxy) is 1. The summed E-state index contributed by atoms with van der Waals surface area (Å²) >= 11 is 0. The Balaban J connectivity index is 2.37. The molecule has 0 fully saturated rings. The second-order valence-corrected chi connectivity index (χ2v) is 10.4. The van der Waals surface area contributed by atoms with Crippen LogP contribution in [0.5, 0.6) is 5.75 Å². The van der Waals surface area contributed by atoms with Gasteiger partial charge in [-0.2, -0.15) is 0 Å². The van der Waals surface area contributed by atoms with Crippen LogP contribution in [0.1, 0.15) is 39.7 Å². The number of amides is 1. The largest absolute Gasteiger partial charge is 0.490 e. The maximum Gasteiger partial charge on any atom is 0.410 e. The van der Waals surface area contributed by atoms with Gasteiger partial charge in [0.25, 0.3) is 5.69 Å². The number of nitro benzene ring substituents is 1. The van der Waals surface area contributed by atoms with Gasteiger partial charge in [0.05, 0.1) is 16.3 Å². The van der Waals surface area contributed by atoms with Gasteiger partial charge in [0.1, 0.15) is 21.9 Å². The number of non-ortho nitro benzene ring substituents is 1. The van der Waals surface area contributed by atoms with Crippen molar-refractivity contribution < 1.29 is 28.0 Å². The number of aliphatic imine (C=N–C) groups is 1. The summed E-state index contributed by atoms with van der Waals surface area (Å²) in [6.45, 7) is 6.04. The number of nitrogens with zero attached hydrogens (tertiary/aromatic N) is 2. The highest BCUT2D eigenvalue weighted by molar-refractivity contribution is 7.94. The fourth-order valence-corrected chi connectivity index (χ4v) is 6.18. The minimum atomic E-state index is -3.95. The minimum Gasteiger partial charge on any atom is -0.490 e. The van der Waals surface area contributed by atoms with Crippen molar-refractivity contribution >= 4 is 27.5 Å². The highest BCUT2D eigenvalue weighted by Gasteiger charge is 2.59. The van der Waals surface area contributed by atoms with Crippen LogP contribution in [-0.4, -0.2) is 46.5 Å². The summed E-state index contributed by atoms with van der Waals surface area (Å²) in [7, 11) is -3.95. The zero-order valence-electron chi connectivity index (χ0n) is 15.8. The van der Waals surface area contributed by atoms with Crippen molar-refractivity contribution in [3.05, 3.63) is 33.9 Å². The average Bonchev–Trinajstić information content (AvgIpc) is 2.67. The molecule has 2 aliphatic rings. The second-order valence-electron chi connectivity index (χ2n) is 7.68. The first-order valence-electron chi connectivity index (χ1n) is 8.60. The van der Waals surface area contributed by atoms with Crippen LogP contribution in [0.25, 0.3) is 0 Å². The Labute approximate surface area is 161 Å². The molecule has 0 unspecified atom stereocenters. The monoisotopic (exact) mass is 411 g/mol. The number of carboxylic acid groups (broad SMARTS) is 1. The molecule has 0 aromatic heterocycles. The first-order valence-corrected chi connectivity index (χ1v) is 10.1. The average molecular weight is 411 g/mol. The van der Waals surface area contributed by atoms with Crippen LogP contribution >= 0.6 is 0 Å². The van der Waals surface area contributed by atoms with Crippen molar-refractivity contribution in [1.82, 2.24) is 5.32 Å². The minimum absolute atomic E-state index is 0.106. The van der Waals surface area contributed by atoms with Gasteiger partial charge in [-0.25, -0.2) is 13.2 Å². The molecule has 28 heavy (non-hydrogen) atoms. The molecule has 2 N–H and O–H groups in total. The van der Waals surface area contributed by atoms with E-state index in [1.54, 1.807) is 6.92 Å². The summed E-state index contributed by atoms with van der Waals surface area (Å²) in [6.07, 6.45) is -1.82. The van der Waals surface area contributed by atoms with Crippen LogP contribution in [0.15, 0.2) is 23.2 Å². The van der Waals surface area contributed by atoms with Crippen molar-refractivity contribution in [2.45, 2.75) is 55.8 Å². The summed E-state index contributed by atoms with van der Waals surface area (Å²) in [6, 6.07) is 3.94. The predicted octanol–water partition coefficient (Wildman–Crippen LogP) is 2.22. The maximum absolute atomic E-state index is 13.5. The Morgan fingerprint density at radius 2 is 2.04 bits per heavy atom. The molecule has 0 saturated heterocycles. The van der Waals surface area contributed by atoms with E-state index < -0.39 is 42.5 Å². The van der Waals surface area contributed by atoms with Crippen LogP contribution in [0.2, 0.25) is 0 Å². The third kappa shape index (κ3) is 2.81. The summed E-state index contributed by atoms with van der Waals surface area (Å²) < 4.78 is 31.2. The van der Waals surface area contributed by atoms with E-state index in [2.05, 4.69) is 10.3 Å². The highest BCUT2D eigenvalue weighted by atomic mass is 32.2. The van der Waals surface area contributed by atoms with E-state index in [0.29, 0.717) is 0 Å². The van der Waals surface area contributed by atoms with E-state index >= 15 is 0 Å². The van der Waals surface area contributed by atoms with E-state index in [1.807, 2.05) is 0 Å². The van der Waals surface area contributed by atoms with Gasteiger partial charge in [-0.15, -0.1) is 0 Å². The van der Waals surface area contributed by atoms with Gasteiger partial charge in [-0.05, 0) is 33.8 Å². The molecule has 0 spiro atoms. The molecular weight excluding hydrogens is 390 g/mol. The standard InChI is InChI=1S/C17H21N3O7S/c1-9-7-13-17(4,11-8-10(20(23)24)5-6-12(11)27-9)19-14(18-15(21)22)16(2,3)28(13,25)26/h5-6,8-9,13H,7H2,1-4H3,(H,18,19)(H,21,22)/t9-,13+,17-/m1/s1. The fourth-order valence-electron chi connectivity index (χ4n) is 3.80. The number of nitrogens with one attached hydrogen (secondary N) is 1. The van der Waals surface area contributed by atoms with E-state index in [-0.39, 0.29) is 29.3 Å². The molecule has 0 saturated carbocycles. The van der Waals surface area contributed by atoms with Crippen molar-refractivity contribution in [3.8, 4) is 5.75 Å². The summed E-state index contributed by atoms with van der Waals surface area (Å²) in [5.74, 6) is 0.0576. The lowest BCUT2D eigenvalue weighted by atomic mass is 9.85. The Bertz CT molecular complexity index is 1000. The van der Waals surface area contributed by atoms with E-state index in [1.165, 1.54) is 39.0 Å². The maximum atomic E-state index is 13.5. The number of benzene rings is 1. The number of rotatable bonds is 1. The molecular formula is C17H21N3O7S. The predicted molar refractivity (Wildman–Crippen MR) is 101 cm³/mol. The number of amidine groups is 1. The molecule has 2 aliphatic heterocycles. The summed E-state index contributed by atoms with van der Waals surface area (Å²) in [5.41, 5.74) is -1.46. The molecule has 1 amide bonds. The van der Waals surface area contributed by atoms with Gasteiger partial charge in [-0.3, -0.25) is 20.4 Å². The van der Waals surface area contributed by atoms with E-state index in [0.717, 1.165) is 0 Å². The zero-order valence-corrected chi connectivity index (χ0v) is 16.6. The lowest BCUT2D eigenvalue weighted by Gasteiger charge is -2.44. The number of nitro groups is 1. The van der Waals surface area contributed by atoms with Crippen molar-refractivity contribution in [3.63, 3.8) is 0 Å². The molecule has 3 rings (SSSR count). The highest BCUT2D eigenvalue weighted by Crippen LogP contribution is 2.49. The lowest BCUT2D eigenvalue weighted by Crippen LogP contribution is -2.61. The molecule has 152 valence electrons.